The van der Waals surface area contributed by atoms with E-state index in [0.29, 0.717) is 17.8 Å². The third kappa shape index (κ3) is 8.94. The summed E-state index contributed by atoms with van der Waals surface area (Å²) in [6.07, 6.45) is 6.66. The van der Waals surface area contributed by atoms with Crippen molar-refractivity contribution < 1.29 is 14.3 Å². The average molecular weight is 610 g/mol. The molecule has 2 aromatic heterocycles. The second kappa shape index (κ2) is 14.7. The Labute approximate surface area is 263 Å². The fraction of sp³-hybridized carbons (Fsp3) is 0.257. The van der Waals surface area contributed by atoms with Gasteiger partial charge in [0.15, 0.2) is 0 Å². The molecule has 0 aliphatic heterocycles. The second-order valence-electron chi connectivity index (χ2n) is 11.2. The molecule has 0 unspecified atom stereocenters. The lowest BCUT2D eigenvalue weighted by molar-refractivity contribution is 0.0635. The molecule has 9 heteroatoms. The van der Waals surface area contributed by atoms with Crippen LogP contribution in [0.5, 0.6) is 0 Å². The number of nitrogens with zero attached hydrogens (tertiary/aromatic N) is 3. The number of carbonyl (C=O) groups excluding carboxylic acids is 2. The van der Waals surface area contributed by atoms with Gasteiger partial charge in [-0.15, -0.1) is 0 Å². The van der Waals surface area contributed by atoms with Crippen LogP contribution >= 0.6 is 11.8 Å². The quantitative estimate of drug-likeness (QED) is 0.135. The van der Waals surface area contributed by atoms with Gasteiger partial charge in [-0.25, -0.2) is 4.79 Å². The van der Waals surface area contributed by atoms with Gasteiger partial charge in [-0.1, -0.05) is 54.7 Å². The van der Waals surface area contributed by atoms with Gasteiger partial charge in [0.25, 0.3) is 5.91 Å². The highest BCUT2D eigenvalue weighted by Gasteiger charge is 2.18. The van der Waals surface area contributed by atoms with Crippen LogP contribution in [-0.4, -0.2) is 39.4 Å². The summed E-state index contributed by atoms with van der Waals surface area (Å²) in [7, 11) is 1.63. The molecule has 0 bridgehead atoms. The molecular formula is C35H39N5O3S. The Morgan fingerprint density at radius 3 is 2.41 bits per heavy atom. The molecule has 44 heavy (non-hydrogen) atoms. The Bertz CT molecular complexity index is 1640. The Morgan fingerprint density at radius 1 is 1.02 bits per heavy atom. The van der Waals surface area contributed by atoms with Gasteiger partial charge in [0.1, 0.15) is 5.60 Å². The van der Waals surface area contributed by atoms with Gasteiger partial charge in [0.2, 0.25) is 0 Å². The van der Waals surface area contributed by atoms with Gasteiger partial charge < -0.3 is 10.1 Å². The minimum absolute atomic E-state index is 0.138. The zero-order valence-corrected chi connectivity index (χ0v) is 26.7. The van der Waals surface area contributed by atoms with Crippen LogP contribution < -0.4 is 10.6 Å². The monoisotopic (exact) mass is 609 g/mol. The van der Waals surface area contributed by atoms with Crippen molar-refractivity contribution >= 4 is 35.5 Å². The van der Waals surface area contributed by atoms with E-state index in [0.717, 1.165) is 50.9 Å². The SMILES string of the molecule is C=C/C(=C\c1nn(Cc2ccc(NC(=O)OC(C)(C)C)cc2)c(CCc2ccccn2)c1C)Sc1ccccc1C(=O)NC. The average Bonchev–Trinajstić information content (AvgIpc) is 3.28. The number of ether oxygens (including phenoxy) is 1. The van der Waals surface area contributed by atoms with Crippen LogP contribution in [0.25, 0.3) is 6.08 Å². The summed E-state index contributed by atoms with van der Waals surface area (Å²) < 4.78 is 7.39. The van der Waals surface area contributed by atoms with E-state index in [4.69, 9.17) is 9.84 Å². The number of pyridine rings is 1. The van der Waals surface area contributed by atoms with E-state index in [1.54, 1.807) is 13.1 Å². The van der Waals surface area contributed by atoms with Crippen LogP contribution in [0.2, 0.25) is 0 Å². The molecule has 0 aliphatic rings. The van der Waals surface area contributed by atoms with Crippen molar-refractivity contribution in [1.82, 2.24) is 20.1 Å². The number of carbonyl (C=O) groups is 2. The Balaban J connectivity index is 1.61. The number of benzene rings is 2. The Kier molecular flexibility index (Phi) is 10.8. The fourth-order valence-corrected chi connectivity index (χ4v) is 5.47. The summed E-state index contributed by atoms with van der Waals surface area (Å²) >= 11 is 1.48. The minimum atomic E-state index is -0.572. The molecule has 2 amide bonds. The second-order valence-corrected chi connectivity index (χ2v) is 12.3. The largest absolute Gasteiger partial charge is 0.444 e. The normalized spacial score (nSPS) is 11.6. The van der Waals surface area contributed by atoms with Crippen LogP contribution in [0.1, 0.15) is 59.3 Å². The number of amides is 2. The van der Waals surface area contributed by atoms with E-state index < -0.39 is 11.7 Å². The number of hydrogen-bond donors (Lipinski definition) is 2. The Morgan fingerprint density at radius 2 is 1.75 bits per heavy atom. The molecule has 4 rings (SSSR count). The van der Waals surface area contributed by atoms with Gasteiger partial charge in [-0.05, 0) is 94.1 Å². The molecule has 8 nitrogen and oxygen atoms in total. The lowest BCUT2D eigenvalue weighted by atomic mass is 10.1. The van der Waals surface area contributed by atoms with Crippen molar-refractivity contribution in [3.8, 4) is 0 Å². The highest BCUT2D eigenvalue weighted by molar-refractivity contribution is 8.03. The molecule has 0 spiro atoms. The lowest BCUT2D eigenvalue weighted by Gasteiger charge is -2.19. The molecule has 2 aromatic carbocycles. The Hall–Kier alpha value is -4.63. The predicted molar refractivity (Wildman–Crippen MR) is 178 cm³/mol. The molecule has 0 radical (unpaired) electrons. The summed E-state index contributed by atoms with van der Waals surface area (Å²) in [5.41, 5.74) is 5.76. The van der Waals surface area contributed by atoms with Crippen molar-refractivity contribution in [2.75, 3.05) is 12.4 Å². The van der Waals surface area contributed by atoms with Gasteiger partial charge in [0.05, 0.1) is 17.8 Å². The van der Waals surface area contributed by atoms with Gasteiger partial charge >= 0.3 is 6.09 Å². The zero-order chi connectivity index (χ0) is 31.7. The number of aromatic nitrogens is 3. The first-order chi connectivity index (χ1) is 21.1. The molecule has 0 atom stereocenters. The molecule has 0 saturated heterocycles. The standard InChI is InChI=1S/C35H39N5O3S/c1-7-28(44-32-14-9-8-13-29(32)33(41)36-6)22-30-24(2)31(20-19-26-12-10-11-21-37-26)40(39-30)23-25-15-17-27(18-16-25)38-34(42)43-35(3,4)5/h7-18,21-22H,1,19-20,23H2,2-6H3,(H,36,41)(H,38,42)/b28-22+. The highest BCUT2D eigenvalue weighted by atomic mass is 32.2. The third-order valence-electron chi connectivity index (χ3n) is 6.70. The topological polar surface area (TPSA) is 98.1 Å². The highest BCUT2D eigenvalue weighted by Crippen LogP contribution is 2.32. The number of aryl methyl sites for hydroxylation is 1. The van der Waals surface area contributed by atoms with E-state index in [2.05, 4.69) is 29.1 Å². The van der Waals surface area contributed by atoms with Crippen molar-refractivity contribution in [2.24, 2.45) is 0 Å². The van der Waals surface area contributed by atoms with Crippen LogP contribution in [-0.2, 0) is 24.1 Å². The zero-order valence-electron chi connectivity index (χ0n) is 25.9. The summed E-state index contributed by atoms with van der Waals surface area (Å²) in [6, 6.07) is 21.1. The summed E-state index contributed by atoms with van der Waals surface area (Å²) in [4.78, 5) is 30.8. The first kappa shape index (κ1) is 32.3. The molecule has 4 aromatic rings. The van der Waals surface area contributed by atoms with Crippen LogP contribution in [0.4, 0.5) is 10.5 Å². The van der Waals surface area contributed by atoms with Gasteiger partial charge in [-0.2, -0.15) is 5.10 Å². The maximum atomic E-state index is 12.4. The van der Waals surface area contributed by atoms with Crippen molar-refractivity contribution in [3.63, 3.8) is 0 Å². The predicted octanol–water partition coefficient (Wildman–Crippen LogP) is 7.45. The van der Waals surface area contributed by atoms with Crippen LogP contribution in [0, 0.1) is 6.92 Å². The summed E-state index contributed by atoms with van der Waals surface area (Å²) in [5, 5.41) is 10.5. The molecule has 2 N–H and O–H groups in total. The van der Waals surface area contributed by atoms with E-state index in [-0.39, 0.29) is 5.91 Å². The number of anilines is 1. The maximum Gasteiger partial charge on any atom is 0.412 e. The lowest BCUT2D eigenvalue weighted by Crippen LogP contribution is -2.27. The molecular weight excluding hydrogens is 570 g/mol. The van der Waals surface area contributed by atoms with Crippen LogP contribution in [0.3, 0.4) is 0 Å². The number of thioether (sulfide) groups is 1. The first-order valence-electron chi connectivity index (χ1n) is 14.4. The van der Waals surface area contributed by atoms with Crippen molar-refractivity contribution in [1.29, 1.82) is 0 Å². The fourth-order valence-electron chi connectivity index (χ4n) is 4.54. The van der Waals surface area contributed by atoms with Gasteiger partial charge in [-0.3, -0.25) is 19.8 Å². The van der Waals surface area contributed by atoms with Crippen molar-refractivity contribution in [3.05, 3.63) is 124 Å². The molecule has 0 aliphatic carbocycles. The minimum Gasteiger partial charge on any atom is -0.444 e. The molecule has 0 saturated carbocycles. The number of nitrogens with one attached hydrogen (secondary N) is 2. The first-order valence-corrected chi connectivity index (χ1v) is 15.3. The number of allylic oxidation sites excluding steroid dienone is 1. The number of hydrogen-bond acceptors (Lipinski definition) is 6. The van der Waals surface area contributed by atoms with E-state index in [9.17, 15) is 9.59 Å². The van der Waals surface area contributed by atoms with Gasteiger partial charge in [0, 0.05) is 40.1 Å². The van der Waals surface area contributed by atoms with E-state index in [1.807, 2.05) is 104 Å². The number of rotatable bonds is 11. The van der Waals surface area contributed by atoms with Crippen molar-refractivity contribution in [2.45, 2.75) is 57.6 Å². The molecule has 228 valence electrons. The molecule has 2 heterocycles. The maximum absolute atomic E-state index is 12.4. The smallest absolute Gasteiger partial charge is 0.412 e. The van der Waals surface area contributed by atoms with Crippen LogP contribution in [0.15, 0.2) is 95.4 Å². The summed E-state index contributed by atoms with van der Waals surface area (Å²) in [6.45, 7) is 12.2. The third-order valence-corrected chi connectivity index (χ3v) is 7.80. The van der Waals surface area contributed by atoms with E-state index >= 15 is 0 Å². The molecule has 0 fully saturated rings. The summed E-state index contributed by atoms with van der Waals surface area (Å²) in [5.74, 6) is -0.138. The van der Waals surface area contributed by atoms with E-state index in [1.165, 1.54) is 11.8 Å².